The number of halogens is 1. The average molecular weight is 286 g/mol. The molecule has 1 heterocycles. The predicted molar refractivity (Wildman–Crippen MR) is 80.2 cm³/mol. The Morgan fingerprint density at radius 3 is 2.55 bits per heavy atom. The van der Waals surface area contributed by atoms with Crippen molar-refractivity contribution in [1.29, 1.82) is 0 Å². The highest BCUT2D eigenvalue weighted by Crippen LogP contribution is 2.31. The van der Waals surface area contributed by atoms with Crippen molar-refractivity contribution in [3.05, 3.63) is 53.2 Å². The van der Waals surface area contributed by atoms with Crippen LogP contribution < -0.4 is 10.5 Å². The van der Waals surface area contributed by atoms with E-state index in [0.717, 1.165) is 16.5 Å². The molecule has 0 atom stereocenters. The second kappa shape index (κ2) is 4.98. The van der Waals surface area contributed by atoms with Crippen molar-refractivity contribution < 1.29 is 4.74 Å². The van der Waals surface area contributed by atoms with Crippen molar-refractivity contribution in [2.75, 3.05) is 5.73 Å². The quantitative estimate of drug-likeness (QED) is 0.724. The zero-order chi connectivity index (χ0) is 14.1. The number of benzene rings is 2. The Balaban J connectivity index is 2.06. The van der Waals surface area contributed by atoms with Crippen LogP contribution in [-0.4, -0.2) is 10.2 Å². The first kappa shape index (κ1) is 12.7. The molecule has 0 amide bonds. The summed E-state index contributed by atoms with van der Waals surface area (Å²) in [7, 11) is 0. The molecule has 0 unspecified atom stereocenters. The summed E-state index contributed by atoms with van der Waals surface area (Å²) in [6.45, 7) is 1.92. The van der Waals surface area contributed by atoms with Gasteiger partial charge in [-0.15, -0.1) is 5.10 Å². The van der Waals surface area contributed by atoms with Crippen LogP contribution in [0.1, 0.15) is 5.69 Å². The Bertz CT molecular complexity index is 789. The molecule has 4 nitrogen and oxygen atoms in total. The molecule has 0 saturated carbocycles. The van der Waals surface area contributed by atoms with Crippen molar-refractivity contribution in [2.45, 2.75) is 6.92 Å². The molecule has 0 aliphatic rings. The number of nitrogens with zero attached hydrogens (tertiary/aromatic N) is 2. The number of rotatable bonds is 2. The summed E-state index contributed by atoms with van der Waals surface area (Å²) in [5.74, 6) is 1.03. The van der Waals surface area contributed by atoms with Gasteiger partial charge in [0.2, 0.25) is 5.88 Å². The van der Waals surface area contributed by atoms with Crippen molar-refractivity contribution in [2.24, 2.45) is 0 Å². The summed E-state index contributed by atoms with van der Waals surface area (Å²) in [4.78, 5) is 0. The van der Waals surface area contributed by atoms with E-state index in [1.54, 1.807) is 18.2 Å². The van der Waals surface area contributed by atoms with Gasteiger partial charge in [-0.25, -0.2) is 0 Å². The SMILES string of the molecule is Cc1nnc(Oc2ccc(N)c(Cl)c2)c2ccccc12. The van der Waals surface area contributed by atoms with Gasteiger partial charge >= 0.3 is 0 Å². The molecule has 0 fully saturated rings. The molecule has 0 saturated heterocycles. The highest BCUT2D eigenvalue weighted by atomic mass is 35.5. The first-order valence-electron chi connectivity index (χ1n) is 6.10. The number of anilines is 1. The standard InChI is InChI=1S/C15H12ClN3O/c1-9-11-4-2-3-5-12(11)15(19-18-9)20-10-6-7-14(17)13(16)8-10/h2-8H,17H2,1H3. The van der Waals surface area contributed by atoms with E-state index in [1.807, 2.05) is 31.2 Å². The largest absolute Gasteiger partial charge is 0.437 e. The molecule has 0 aliphatic heterocycles. The molecule has 5 heteroatoms. The second-order valence-corrected chi connectivity index (χ2v) is 4.83. The van der Waals surface area contributed by atoms with Gasteiger partial charge in [0.05, 0.1) is 16.4 Å². The topological polar surface area (TPSA) is 61.0 Å². The number of aromatic nitrogens is 2. The molecule has 3 aromatic rings. The summed E-state index contributed by atoms with van der Waals surface area (Å²) < 4.78 is 5.77. The van der Waals surface area contributed by atoms with Gasteiger partial charge in [-0.2, -0.15) is 5.10 Å². The summed E-state index contributed by atoms with van der Waals surface area (Å²) in [6, 6.07) is 12.9. The molecule has 2 N–H and O–H groups in total. The number of hydrogen-bond donors (Lipinski definition) is 1. The van der Waals surface area contributed by atoms with Crippen LogP contribution in [0.4, 0.5) is 5.69 Å². The molecular weight excluding hydrogens is 274 g/mol. The van der Waals surface area contributed by atoms with E-state index in [2.05, 4.69) is 10.2 Å². The average Bonchev–Trinajstić information content (AvgIpc) is 2.46. The molecule has 2 aromatic carbocycles. The highest BCUT2D eigenvalue weighted by molar-refractivity contribution is 6.33. The predicted octanol–water partition coefficient (Wildman–Crippen LogP) is 3.97. The van der Waals surface area contributed by atoms with Gasteiger partial charge in [-0.1, -0.05) is 29.8 Å². The Labute approximate surface area is 121 Å². The van der Waals surface area contributed by atoms with Gasteiger partial charge in [0, 0.05) is 16.8 Å². The van der Waals surface area contributed by atoms with Crippen LogP contribution in [0.3, 0.4) is 0 Å². The molecule has 0 aliphatic carbocycles. The van der Waals surface area contributed by atoms with Gasteiger partial charge in [-0.3, -0.25) is 0 Å². The third kappa shape index (κ3) is 2.26. The lowest BCUT2D eigenvalue weighted by molar-refractivity contribution is 0.461. The Hall–Kier alpha value is -2.33. The summed E-state index contributed by atoms with van der Waals surface area (Å²) >= 11 is 5.98. The third-order valence-electron chi connectivity index (χ3n) is 3.02. The minimum atomic E-state index is 0.451. The third-order valence-corrected chi connectivity index (χ3v) is 3.35. The fourth-order valence-corrected chi connectivity index (χ4v) is 2.14. The van der Waals surface area contributed by atoms with E-state index in [4.69, 9.17) is 22.1 Å². The van der Waals surface area contributed by atoms with Crippen LogP contribution in [0.15, 0.2) is 42.5 Å². The van der Waals surface area contributed by atoms with E-state index in [0.29, 0.717) is 22.3 Å². The van der Waals surface area contributed by atoms with Crippen LogP contribution in [-0.2, 0) is 0 Å². The van der Waals surface area contributed by atoms with Crippen LogP contribution in [0.5, 0.6) is 11.6 Å². The van der Waals surface area contributed by atoms with Gasteiger partial charge < -0.3 is 10.5 Å². The van der Waals surface area contributed by atoms with Crippen molar-refractivity contribution in [3.63, 3.8) is 0 Å². The molecular formula is C15H12ClN3O. The number of aryl methyl sites for hydroxylation is 1. The van der Waals surface area contributed by atoms with Crippen molar-refractivity contribution >= 4 is 28.1 Å². The number of fused-ring (bicyclic) bond motifs is 1. The first-order chi connectivity index (χ1) is 9.65. The molecule has 0 bridgehead atoms. The van der Waals surface area contributed by atoms with Gasteiger partial charge in [0.1, 0.15) is 5.75 Å². The molecule has 0 spiro atoms. The molecule has 20 heavy (non-hydrogen) atoms. The maximum absolute atomic E-state index is 5.98. The summed E-state index contributed by atoms with van der Waals surface area (Å²) in [5, 5.41) is 10.6. The van der Waals surface area contributed by atoms with E-state index in [9.17, 15) is 0 Å². The second-order valence-electron chi connectivity index (χ2n) is 4.42. The van der Waals surface area contributed by atoms with E-state index in [1.165, 1.54) is 0 Å². The maximum atomic E-state index is 5.98. The maximum Gasteiger partial charge on any atom is 0.246 e. The summed E-state index contributed by atoms with van der Waals surface area (Å²) in [6.07, 6.45) is 0. The Morgan fingerprint density at radius 1 is 1.05 bits per heavy atom. The van der Waals surface area contributed by atoms with Crippen molar-refractivity contribution in [3.8, 4) is 11.6 Å². The lowest BCUT2D eigenvalue weighted by atomic mass is 10.1. The lowest BCUT2D eigenvalue weighted by Crippen LogP contribution is -1.95. The monoisotopic (exact) mass is 285 g/mol. The molecule has 0 radical (unpaired) electrons. The Morgan fingerprint density at radius 2 is 1.80 bits per heavy atom. The van der Waals surface area contributed by atoms with Crippen LogP contribution in [0.2, 0.25) is 5.02 Å². The Kier molecular flexibility index (Phi) is 3.16. The van der Waals surface area contributed by atoms with Crippen LogP contribution >= 0.6 is 11.6 Å². The van der Waals surface area contributed by atoms with Crippen LogP contribution in [0, 0.1) is 6.92 Å². The fourth-order valence-electron chi connectivity index (χ4n) is 1.97. The first-order valence-corrected chi connectivity index (χ1v) is 6.48. The van der Waals surface area contributed by atoms with E-state index < -0.39 is 0 Å². The molecule has 100 valence electrons. The smallest absolute Gasteiger partial charge is 0.246 e. The number of nitrogen functional groups attached to an aromatic ring is 1. The van der Waals surface area contributed by atoms with E-state index in [-0.39, 0.29) is 0 Å². The van der Waals surface area contributed by atoms with Crippen LogP contribution in [0.25, 0.3) is 10.8 Å². The normalized spacial score (nSPS) is 10.7. The minimum absolute atomic E-state index is 0.451. The minimum Gasteiger partial charge on any atom is -0.437 e. The lowest BCUT2D eigenvalue weighted by Gasteiger charge is -2.09. The van der Waals surface area contributed by atoms with Crippen molar-refractivity contribution in [1.82, 2.24) is 10.2 Å². The summed E-state index contributed by atoms with van der Waals surface area (Å²) in [5.41, 5.74) is 7.05. The number of hydrogen-bond acceptors (Lipinski definition) is 4. The zero-order valence-corrected chi connectivity index (χ0v) is 11.6. The van der Waals surface area contributed by atoms with Gasteiger partial charge in [-0.05, 0) is 25.1 Å². The fraction of sp³-hybridized carbons (Fsp3) is 0.0667. The molecule has 3 rings (SSSR count). The molecule has 1 aromatic heterocycles. The zero-order valence-electron chi connectivity index (χ0n) is 10.8. The number of ether oxygens (including phenoxy) is 1. The number of nitrogens with two attached hydrogens (primary N) is 1. The van der Waals surface area contributed by atoms with Gasteiger partial charge in [0.25, 0.3) is 0 Å². The van der Waals surface area contributed by atoms with E-state index >= 15 is 0 Å². The van der Waals surface area contributed by atoms with Gasteiger partial charge in [0.15, 0.2) is 0 Å². The highest BCUT2D eigenvalue weighted by Gasteiger charge is 2.09.